The summed E-state index contributed by atoms with van der Waals surface area (Å²) < 4.78 is 0. The summed E-state index contributed by atoms with van der Waals surface area (Å²) in [6, 6.07) is 0.806. The van der Waals surface area contributed by atoms with Crippen molar-refractivity contribution in [1.82, 2.24) is 14.9 Å². The Morgan fingerprint density at radius 1 is 1.25 bits per heavy atom. The van der Waals surface area contributed by atoms with E-state index in [2.05, 4.69) is 32.5 Å². The summed E-state index contributed by atoms with van der Waals surface area (Å²) in [6.45, 7) is 9.31. The molecule has 6 heteroatoms. The zero-order valence-electron chi connectivity index (χ0n) is 12.7. The number of nitrogens with zero attached hydrogens (tertiary/aromatic N) is 3. The van der Waals surface area contributed by atoms with Gasteiger partial charge in [0.05, 0.1) is 0 Å². The molecule has 2 rings (SSSR count). The first kappa shape index (κ1) is 15.0. The molecule has 0 saturated heterocycles. The lowest BCUT2D eigenvalue weighted by Crippen LogP contribution is -2.31. The summed E-state index contributed by atoms with van der Waals surface area (Å²) in [5, 5.41) is 3.42. The zero-order valence-corrected chi connectivity index (χ0v) is 12.7. The third kappa shape index (κ3) is 3.58. The second-order valence-corrected chi connectivity index (χ2v) is 5.25. The van der Waals surface area contributed by atoms with Gasteiger partial charge in [-0.05, 0) is 26.3 Å². The second-order valence-electron chi connectivity index (χ2n) is 5.25. The van der Waals surface area contributed by atoms with Crippen molar-refractivity contribution in [2.75, 3.05) is 30.4 Å². The van der Waals surface area contributed by atoms with Gasteiger partial charge in [0, 0.05) is 31.1 Å². The molecule has 0 radical (unpaired) electrons. The molecule has 20 heavy (non-hydrogen) atoms. The number of anilines is 2. The molecule has 1 saturated carbocycles. The van der Waals surface area contributed by atoms with E-state index in [4.69, 9.17) is 5.84 Å². The Kier molecular flexibility index (Phi) is 5.14. The van der Waals surface area contributed by atoms with E-state index < -0.39 is 0 Å². The van der Waals surface area contributed by atoms with Crippen LogP contribution >= 0.6 is 0 Å². The van der Waals surface area contributed by atoms with E-state index in [0.29, 0.717) is 5.82 Å². The van der Waals surface area contributed by atoms with Crippen molar-refractivity contribution in [2.45, 2.75) is 46.1 Å². The molecule has 1 fully saturated rings. The molecule has 0 amide bonds. The molecule has 112 valence electrons. The van der Waals surface area contributed by atoms with Gasteiger partial charge in [-0.25, -0.2) is 15.8 Å². The third-order valence-electron chi connectivity index (χ3n) is 3.81. The number of rotatable bonds is 8. The molecule has 1 aliphatic rings. The highest BCUT2D eigenvalue weighted by atomic mass is 15.3. The molecular formula is C14H26N6. The molecule has 6 nitrogen and oxygen atoms in total. The smallest absolute Gasteiger partial charge is 0.148 e. The number of nitrogen functional groups attached to an aromatic ring is 1. The van der Waals surface area contributed by atoms with E-state index in [1.807, 2.05) is 13.8 Å². The van der Waals surface area contributed by atoms with Crippen molar-refractivity contribution < 1.29 is 0 Å². The van der Waals surface area contributed by atoms with Crippen LogP contribution in [0.25, 0.3) is 0 Å². The molecule has 0 aliphatic heterocycles. The first-order valence-electron chi connectivity index (χ1n) is 7.51. The number of nitrogens with two attached hydrogens (primary N) is 1. The van der Waals surface area contributed by atoms with Crippen LogP contribution < -0.4 is 16.6 Å². The predicted octanol–water partition coefficient (Wildman–Crippen LogP) is 1.53. The minimum absolute atomic E-state index is 0.703. The van der Waals surface area contributed by atoms with Gasteiger partial charge >= 0.3 is 0 Å². The number of hydrogen-bond acceptors (Lipinski definition) is 6. The van der Waals surface area contributed by atoms with Crippen molar-refractivity contribution >= 4 is 11.6 Å². The van der Waals surface area contributed by atoms with Gasteiger partial charge < -0.3 is 10.7 Å². The van der Waals surface area contributed by atoms with Crippen molar-refractivity contribution in [1.29, 1.82) is 0 Å². The molecule has 1 aromatic rings. The predicted molar refractivity (Wildman–Crippen MR) is 82.7 cm³/mol. The average molecular weight is 278 g/mol. The molecule has 1 aromatic heterocycles. The van der Waals surface area contributed by atoms with Gasteiger partial charge in [0.1, 0.15) is 17.5 Å². The van der Waals surface area contributed by atoms with Crippen molar-refractivity contribution in [3.63, 3.8) is 0 Å². The molecule has 4 N–H and O–H groups in total. The van der Waals surface area contributed by atoms with Crippen LogP contribution in [0.15, 0.2) is 0 Å². The monoisotopic (exact) mass is 278 g/mol. The average Bonchev–Trinajstić information content (AvgIpc) is 3.29. The lowest BCUT2D eigenvalue weighted by molar-refractivity contribution is 0.289. The Bertz CT molecular complexity index is 444. The Morgan fingerprint density at radius 2 is 1.95 bits per heavy atom. The van der Waals surface area contributed by atoms with E-state index in [1.165, 1.54) is 12.8 Å². The van der Waals surface area contributed by atoms with E-state index in [1.54, 1.807) is 0 Å². The molecule has 1 heterocycles. The van der Waals surface area contributed by atoms with Crippen LogP contribution in [0.5, 0.6) is 0 Å². The van der Waals surface area contributed by atoms with E-state index >= 15 is 0 Å². The number of likely N-dealkylation sites (N-methyl/N-ethyl adjacent to an activating group) is 1. The maximum Gasteiger partial charge on any atom is 0.148 e. The highest BCUT2D eigenvalue weighted by Crippen LogP contribution is 2.26. The minimum Gasteiger partial charge on any atom is -0.368 e. The van der Waals surface area contributed by atoms with Crippen LogP contribution in [-0.4, -0.2) is 40.5 Å². The Balaban J connectivity index is 1.97. The molecule has 0 aromatic carbocycles. The first-order chi connectivity index (χ1) is 9.69. The number of hydrogen-bond donors (Lipinski definition) is 3. The number of aromatic nitrogens is 2. The highest BCUT2D eigenvalue weighted by molar-refractivity contribution is 5.56. The summed E-state index contributed by atoms with van der Waals surface area (Å²) in [5.41, 5.74) is 3.62. The molecule has 0 spiro atoms. The van der Waals surface area contributed by atoms with E-state index in [9.17, 15) is 0 Å². The van der Waals surface area contributed by atoms with Crippen LogP contribution in [0, 0.1) is 6.92 Å². The lowest BCUT2D eigenvalue weighted by Gasteiger charge is -2.20. The van der Waals surface area contributed by atoms with Gasteiger partial charge in [0.2, 0.25) is 0 Å². The summed E-state index contributed by atoms with van der Waals surface area (Å²) in [4.78, 5) is 11.4. The fourth-order valence-electron chi connectivity index (χ4n) is 2.39. The first-order valence-corrected chi connectivity index (χ1v) is 7.51. The van der Waals surface area contributed by atoms with Crippen LogP contribution in [0.1, 0.15) is 38.1 Å². The summed E-state index contributed by atoms with van der Waals surface area (Å²) in [7, 11) is 0. The lowest BCUT2D eigenvalue weighted by atomic mass is 10.3. The fraction of sp³-hybridized carbons (Fsp3) is 0.714. The zero-order chi connectivity index (χ0) is 14.5. The molecular weight excluding hydrogens is 252 g/mol. The fourth-order valence-corrected chi connectivity index (χ4v) is 2.39. The van der Waals surface area contributed by atoms with Crippen molar-refractivity contribution in [2.24, 2.45) is 5.84 Å². The van der Waals surface area contributed by atoms with Crippen LogP contribution in [0.4, 0.5) is 11.6 Å². The van der Waals surface area contributed by atoms with Crippen molar-refractivity contribution in [3.05, 3.63) is 11.4 Å². The number of nitrogens with one attached hydrogen (secondary N) is 2. The van der Waals surface area contributed by atoms with Gasteiger partial charge in [0.25, 0.3) is 0 Å². The highest BCUT2D eigenvalue weighted by Gasteiger charge is 2.27. The SMILES string of the molecule is CCc1nc(NN)c(C)c(NCCN(CC)C2CC2)n1. The van der Waals surface area contributed by atoms with Crippen molar-refractivity contribution in [3.8, 4) is 0 Å². The number of aryl methyl sites for hydroxylation is 1. The maximum atomic E-state index is 5.51. The normalized spacial score (nSPS) is 14.7. The maximum absolute atomic E-state index is 5.51. The second kappa shape index (κ2) is 6.85. The third-order valence-corrected chi connectivity index (χ3v) is 3.81. The van der Waals surface area contributed by atoms with E-state index in [-0.39, 0.29) is 0 Å². The Hall–Kier alpha value is -1.40. The quantitative estimate of drug-likeness (QED) is 0.494. The summed E-state index contributed by atoms with van der Waals surface area (Å²) in [5.74, 6) is 7.91. The Labute approximate surface area is 121 Å². The van der Waals surface area contributed by atoms with Crippen LogP contribution in [0.3, 0.4) is 0 Å². The standard InChI is InChI=1S/C14H26N6/c1-4-12-17-13(10(3)14(18-12)19-15)16-8-9-20(5-2)11-6-7-11/h11H,4-9,15H2,1-3H3,(H2,16,17,18,19). The summed E-state index contributed by atoms with van der Waals surface area (Å²) in [6.07, 6.45) is 3.50. The molecule has 1 aliphatic carbocycles. The van der Waals surface area contributed by atoms with E-state index in [0.717, 1.165) is 49.3 Å². The largest absolute Gasteiger partial charge is 0.368 e. The Morgan fingerprint density at radius 3 is 2.50 bits per heavy atom. The topological polar surface area (TPSA) is 79.1 Å². The van der Waals surface area contributed by atoms with Gasteiger partial charge in [-0.2, -0.15) is 0 Å². The van der Waals surface area contributed by atoms with Gasteiger partial charge in [0.15, 0.2) is 0 Å². The molecule has 0 bridgehead atoms. The minimum atomic E-state index is 0.703. The van der Waals surface area contributed by atoms with Gasteiger partial charge in [-0.1, -0.05) is 13.8 Å². The van der Waals surface area contributed by atoms with Gasteiger partial charge in [-0.3, -0.25) is 4.90 Å². The molecule has 0 unspecified atom stereocenters. The summed E-state index contributed by atoms with van der Waals surface area (Å²) >= 11 is 0. The van der Waals surface area contributed by atoms with Crippen LogP contribution in [0.2, 0.25) is 0 Å². The number of hydrazine groups is 1. The molecule has 0 atom stereocenters. The van der Waals surface area contributed by atoms with Gasteiger partial charge in [-0.15, -0.1) is 0 Å². The van der Waals surface area contributed by atoms with Crippen LogP contribution in [-0.2, 0) is 6.42 Å².